The number of aryl methyl sites for hydroxylation is 1. The first-order valence-electron chi connectivity index (χ1n) is 9.86. The van der Waals surface area contributed by atoms with Crippen LogP contribution >= 0.6 is 0 Å². The van der Waals surface area contributed by atoms with Gasteiger partial charge in [-0.25, -0.2) is 13.8 Å². The van der Waals surface area contributed by atoms with Crippen LogP contribution in [-0.4, -0.2) is 50.6 Å². The van der Waals surface area contributed by atoms with Gasteiger partial charge in [-0.1, -0.05) is 12.1 Å². The average molecular weight is 415 g/mol. The number of rotatable bonds is 5. The number of halogens is 2. The monoisotopic (exact) mass is 415 g/mol. The molecule has 1 saturated heterocycles. The smallest absolute Gasteiger partial charge is 0.280 e. The van der Waals surface area contributed by atoms with Crippen LogP contribution in [-0.2, 0) is 11.2 Å². The van der Waals surface area contributed by atoms with E-state index in [1.807, 2.05) is 25.1 Å². The second-order valence-electron chi connectivity index (χ2n) is 7.54. The summed E-state index contributed by atoms with van der Waals surface area (Å²) in [6.45, 7) is 3.05. The maximum atomic E-state index is 13.5. The topological polar surface area (TPSA) is 72.6 Å². The van der Waals surface area contributed by atoms with Gasteiger partial charge in [0.2, 0.25) is 5.91 Å². The Labute approximate surface area is 172 Å². The Morgan fingerprint density at radius 1 is 1.33 bits per heavy atom. The van der Waals surface area contributed by atoms with Gasteiger partial charge in [0.25, 0.3) is 12.2 Å². The molecule has 0 saturated carbocycles. The minimum atomic E-state index is -2.68. The molecule has 3 heterocycles. The van der Waals surface area contributed by atoms with E-state index < -0.39 is 6.43 Å². The van der Waals surface area contributed by atoms with Crippen LogP contribution in [0.5, 0.6) is 5.75 Å². The van der Waals surface area contributed by atoms with E-state index in [2.05, 4.69) is 15.1 Å². The summed E-state index contributed by atoms with van der Waals surface area (Å²) < 4.78 is 33.3. The first-order valence-corrected chi connectivity index (χ1v) is 9.86. The normalized spacial score (nSPS) is 17.0. The van der Waals surface area contributed by atoms with Gasteiger partial charge in [-0.15, -0.1) is 0 Å². The number of carbonyl (C=O) groups is 1. The second kappa shape index (κ2) is 8.33. The number of ether oxygens (including phenoxy) is 1. The lowest BCUT2D eigenvalue weighted by molar-refractivity contribution is -0.131. The minimum Gasteiger partial charge on any atom is -0.496 e. The molecule has 0 spiro atoms. The standard InChI is InChI=1S/C21H23F2N5O2/c1-13-8-14(5-6-18(13)30-2)9-19(29)27-7-3-4-15(11-27)16-10-17(20(22)23)28-21(26-16)24-12-25-28/h5-6,8,10,12,15,20H,3-4,7,9,11H2,1-2H3/t15-/m0/s1. The fourth-order valence-corrected chi connectivity index (χ4v) is 4.00. The Morgan fingerprint density at radius 3 is 2.90 bits per heavy atom. The van der Waals surface area contributed by atoms with Gasteiger partial charge in [-0.05, 0) is 43.0 Å². The molecule has 2 aromatic heterocycles. The minimum absolute atomic E-state index is 0.0157. The van der Waals surface area contributed by atoms with Crippen molar-refractivity contribution in [3.63, 3.8) is 0 Å². The summed E-state index contributed by atoms with van der Waals surface area (Å²) in [7, 11) is 1.62. The van der Waals surface area contributed by atoms with Crippen molar-refractivity contribution in [2.24, 2.45) is 0 Å². The lowest BCUT2D eigenvalue weighted by Crippen LogP contribution is -2.40. The van der Waals surface area contributed by atoms with E-state index in [1.54, 1.807) is 12.0 Å². The summed E-state index contributed by atoms with van der Waals surface area (Å²) in [5.74, 6) is 0.843. The van der Waals surface area contributed by atoms with E-state index >= 15 is 0 Å². The SMILES string of the molecule is COc1ccc(CC(=O)N2CCC[C@H](c3cc(C(F)F)n4ncnc4n3)C2)cc1C. The van der Waals surface area contributed by atoms with E-state index in [9.17, 15) is 13.6 Å². The second-order valence-corrected chi connectivity index (χ2v) is 7.54. The highest BCUT2D eigenvalue weighted by Gasteiger charge is 2.27. The summed E-state index contributed by atoms with van der Waals surface area (Å²) >= 11 is 0. The molecule has 0 aliphatic carbocycles. The number of amides is 1. The van der Waals surface area contributed by atoms with Gasteiger partial charge in [0.05, 0.1) is 19.2 Å². The zero-order chi connectivity index (χ0) is 21.3. The van der Waals surface area contributed by atoms with E-state index in [4.69, 9.17) is 4.74 Å². The number of piperidine rings is 1. The summed E-state index contributed by atoms with van der Waals surface area (Å²) in [5.41, 5.74) is 2.20. The van der Waals surface area contributed by atoms with Crippen LogP contribution in [0.3, 0.4) is 0 Å². The highest BCUT2D eigenvalue weighted by atomic mass is 19.3. The fourth-order valence-electron chi connectivity index (χ4n) is 4.00. The number of methoxy groups -OCH3 is 1. The Morgan fingerprint density at radius 2 is 2.17 bits per heavy atom. The number of benzene rings is 1. The highest BCUT2D eigenvalue weighted by molar-refractivity contribution is 5.79. The van der Waals surface area contributed by atoms with Crippen LogP contribution in [0.1, 0.15) is 47.7 Å². The summed E-state index contributed by atoms with van der Waals surface area (Å²) in [5, 5.41) is 3.83. The first-order chi connectivity index (χ1) is 14.5. The molecule has 158 valence electrons. The van der Waals surface area contributed by atoms with E-state index in [0.717, 1.165) is 34.2 Å². The summed E-state index contributed by atoms with van der Waals surface area (Å²) in [6, 6.07) is 7.09. The van der Waals surface area contributed by atoms with Crippen molar-refractivity contribution in [3.05, 3.63) is 53.1 Å². The zero-order valence-electron chi connectivity index (χ0n) is 16.9. The Balaban J connectivity index is 1.51. The molecule has 3 aromatic rings. The first kappa shape index (κ1) is 20.2. The van der Waals surface area contributed by atoms with Gasteiger partial charge in [-0.3, -0.25) is 4.79 Å². The number of carbonyl (C=O) groups excluding carboxylic acids is 1. The van der Waals surface area contributed by atoms with Gasteiger partial charge >= 0.3 is 0 Å². The van der Waals surface area contributed by atoms with Crippen molar-refractivity contribution in [3.8, 4) is 5.75 Å². The molecular weight excluding hydrogens is 392 g/mol. The van der Waals surface area contributed by atoms with E-state index in [1.165, 1.54) is 12.4 Å². The van der Waals surface area contributed by atoms with Gasteiger partial charge in [-0.2, -0.15) is 14.6 Å². The maximum absolute atomic E-state index is 13.5. The molecule has 1 aromatic carbocycles. The molecule has 0 bridgehead atoms. The number of aromatic nitrogens is 4. The average Bonchev–Trinajstić information content (AvgIpc) is 3.22. The highest BCUT2D eigenvalue weighted by Crippen LogP contribution is 2.29. The Hall–Kier alpha value is -3.10. The van der Waals surface area contributed by atoms with Crippen molar-refractivity contribution in [2.45, 2.75) is 38.5 Å². The number of likely N-dealkylation sites (tertiary alicyclic amines) is 1. The molecule has 9 heteroatoms. The van der Waals surface area contributed by atoms with Crippen molar-refractivity contribution in [1.82, 2.24) is 24.5 Å². The van der Waals surface area contributed by atoms with Crippen molar-refractivity contribution >= 4 is 11.7 Å². The van der Waals surface area contributed by atoms with Crippen LogP contribution in [0.4, 0.5) is 8.78 Å². The lowest BCUT2D eigenvalue weighted by Gasteiger charge is -2.32. The third-order valence-electron chi connectivity index (χ3n) is 5.53. The molecule has 7 nitrogen and oxygen atoms in total. The van der Waals surface area contributed by atoms with Crippen LogP contribution in [0, 0.1) is 6.92 Å². The molecule has 1 fully saturated rings. The van der Waals surface area contributed by atoms with E-state index in [-0.39, 0.29) is 29.7 Å². The number of hydrogen-bond acceptors (Lipinski definition) is 5. The third kappa shape index (κ3) is 3.96. The van der Waals surface area contributed by atoms with Gasteiger partial charge in [0, 0.05) is 19.0 Å². The zero-order valence-corrected chi connectivity index (χ0v) is 16.9. The number of hydrogen-bond donors (Lipinski definition) is 0. The molecule has 4 rings (SSSR count). The molecule has 0 N–H and O–H groups in total. The van der Waals surface area contributed by atoms with Crippen LogP contribution in [0.25, 0.3) is 5.78 Å². The van der Waals surface area contributed by atoms with Gasteiger partial charge < -0.3 is 9.64 Å². The predicted octanol–water partition coefficient (Wildman–Crippen LogP) is 3.33. The Kier molecular flexibility index (Phi) is 5.61. The molecule has 1 amide bonds. The molecule has 1 atom stereocenters. The third-order valence-corrected chi connectivity index (χ3v) is 5.53. The summed E-state index contributed by atoms with van der Waals surface area (Å²) in [4.78, 5) is 23.1. The van der Waals surface area contributed by atoms with Crippen LogP contribution < -0.4 is 4.74 Å². The molecule has 0 unspecified atom stereocenters. The largest absolute Gasteiger partial charge is 0.496 e. The van der Waals surface area contributed by atoms with E-state index in [0.29, 0.717) is 18.8 Å². The number of nitrogens with zero attached hydrogens (tertiary/aromatic N) is 5. The van der Waals surface area contributed by atoms with Crippen LogP contribution in [0.15, 0.2) is 30.6 Å². The molecule has 1 aliphatic rings. The fraction of sp³-hybridized carbons (Fsp3) is 0.429. The quantitative estimate of drug-likeness (QED) is 0.639. The van der Waals surface area contributed by atoms with Crippen molar-refractivity contribution in [1.29, 1.82) is 0 Å². The molecule has 30 heavy (non-hydrogen) atoms. The number of alkyl halides is 2. The molecule has 0 radical (unpaired) electrons. The molecular formula is C21H23F2N5O2. The Bertz CT molecular complexity index is 1070. The van der Waals surface area contributed by atoms with Crippen molar-refractivity contribution in [2.75, 3.05) is 20.2 Å². The van der Waals surface area contributed by atoms with Crippen LogP contribution in [0.2, 0.25) is 0 Å². The van der Waals surface area contributed by atoms with Gasteiger partial charge in [0.1, 0.15) is 17.8 Å². The summed E-state index contributed by atoms with van der Waals surface area (Å²) in [6.07, 6.45) is 0.394. The maximum Gasteiger partial charge on any atom is 0.280 e. The number of fused-ring (bicyclic) bond motifs is 1. The molecule has 1 aliphatic heterocycles. The lowest BCUT2D eigenvalue weighted by atomic mass is 9.93. The predicted molar refractivity (Wildman–Crippen MR) is 106 cm³/mol. The van der Waals surface area contributed by atoms with Crippen molar-refractivity contribution < 1.29 is 18.3 Å². The van der Waals surface area contributed by atoms with Gasteiger partial charge in [0.15, 0.2) is 0 Å².